The molecule has 0 saturated carbocycles. The topological polar surface area (TPSA) is 77.0 Å². The van der Waals surface area contributed by atoms with Gasteiger partial charge < -0.3 is 10.1 Å². The number of benzene rings is 1. The van der Waals surface area contributed by atoms with Gasteiger partial charge >= 0.3 is 0 Å². The summed E-state index contributed by atoms with van der Waals surface area (Å²) in [6.07, 6.45) is 5.86. The normalized spacial score (nSPS) is 10.3. The molecule has 0 amide bonds. The summed E-state index contributed by atoms with van der Waals surface area (Å²) in [5, 5.41) is 3.02. The van der Waals surface area contributed by atoms with Crippen LogP contribution in [-0.2, 0) is 6.61 Å². The van der Waals surface area contributed by atoms with Gasteiger partial charge in [-0.05, 0) is 36.8 Å². The Morgan fingerprint density at radius 2 is 2.00 bits per heavy atom. The second-order valence-electron chi connectivity index (χ2n) is 5.30. The first-order valence-corrected chi connectivity index (χ1v) is 8.32. The van der Waals surface area contributed by atoms with Crippen molar-refractivity contribution < 1.29 is 9.53 Å². The Kier molecular flexibility index (Phi) is 5.35. The predicted octanol–water partition coefficient (Wildman–Crippen LogP) is 4.08. The van der Waals surface area contributed by atoms with Crippen molar-refractivity contribution in [1.82, 2.24) is 15.0 Å². The maximum absolute atomic E-state index is 11.0. The van der Waals surface area contributed by atoms with E-state index in [1.807, 2.05) is 31.2 Å². The summed E-state index contributed by atoms with van der Waals surface area (Å²) in [6.45, 7) is 2.23. The van der Waals surface area contributed by atoms with Gasteiger partial charge in [0, 0.05) is 34.2 Å². The Hall–Kier alpha value is -2.80. The highest BCUT2D eigenvalue weighted by molar-refractivity contribution is 9.10. The molecule has 25 heavy (non-hydrogen) atoms. The molecule has 0 atom stereocenters. The van der Waals surface area contributed by atoms with E-state index in [0.717, 1.165) is 21.9 Å². The van der Waals surface area contributed by atoms with E-state index in [-0.39, 0.29) is 0 Å². The van der Waals surface area contributed by atoms with Crippen LogP contribution in [0.25, 0.3) is 0 Å². The molecule has 0 saturated heterocycles. The quantitative estimate of drug-likeness (QED) is 0.630. The number of nitrogens with zero attached hydrogens (tertiary/aromatic N) is 3. The molecule has 6 nitrogen and oxygen atoms in total. The summed E-state index contributed by atoms with van der Waals surface area (Å²) < 4.78 is 6.54. The van der Waals surface area contributed by atoms with Crippen molar-refractivity contribution in [3.05, 3.63) is 70.1 Å². The molecule has 0 aliphatic rings. The van der Waals surface area contributed by atoms with Gasteiger partial charge in [-0.25, -0.2) is 15.0 Å². The largest absolute Gasteiger partial charge is 0.488 e. The van der Waals surface area contributed by atoms with Gasteiger partial charge in [-0.2, -0.15) is 0 Å². The van der Waals surface area contributed by atoms with E-state index < -0.39 is 0 Å². The molecule has 126 valence electrons. The molecule has 0 fully saturated rings. The zero-order valence-corrected chi connectivity index (χ0v) is 15.0. The molecule has 0 bridgehead atoms. The number of carbonyl (C=O) groups excluding carboxylic acids is 1. The summed E-state index contributed by atoms with van der Waals surface area (Å²) in [5.41, 5.74) is 2.31. The number of aldehydes is 1. The van der Waals surface area contributed by atoms with Crippen molar-refractivity contribution in [3.8, 4) is 5.75 Å². The van der Waals surface area contributed by atoms with E-state index in [9.17, 15) is 4.79 Å². The number of hydrogen-bond acceptors (Lipinski definition) is 6. The van der Waals surface area contributed by atoms with Gasteiger partial charge in [0.15, 0.2) is 6.29 Å². The highest BCUT2D eigenvalue weighted by Gasteiger charge is 2.07. The van der Waals surface area contributed by atoms with Gasteiger partial charge in [0.1, 0.15) is 18.2 Å². The standard InChI is InChI=1S/C18H15BrN4O2/c1-12-6-15(19)14(10-24)7-16(12)25-11-13-8-21-18(22-9-13)23-17-4-2-3-5-20-17/h2-10H,11H2,1H3,(H,20,21,22,23). The fourth-order valence-corrected chi connectivity index (χ4v) is 2.67. The molecule has 0 spiro atoms. The number of nitrogens with one attached hydrogen (secondary N) is 1. The monoisotopic (exact) mass is 398 g/mol. The van der Waals surface area contributed by atoms with Gasteiger partial charge in [-0.15, -0.1) is 0 Å². The number of aryl methyl sites for hydroxylation is 1. The van der Waals surface area contributed by atoms with Gasteiger partial charge in [0.05, 0.1) is 0 Å². The molecule has 0 unspecified atom stereocenters. The number of hydrogen-bond donors (Lipinski definition) is 1. The Balaban J connectivity index is 1.65. The minimum Gasteiger partial charge on any atom is -0.488 e. The van der Waals surface area contributed by atoms with Crippen molar-refractivity contribution in [3.63, 3.8) is 0 Å². The van der Waals surface area contributed by atoms with Crippen LogP contribution in [0.15, 0.2) is 53.4 Å². The third kappa shape index (κ3) is 4.39. The van der Waals surface area contributed by atoms with Crippen LogP contribution in [0.1, 0.15) is 21.5 Å². The molecule has 1 aromatic carbocycles. The fraction of sp³-hybridized carbons (Fsp3) is 0.111. The molecule has 1 N–H and O–H groups in total. The number of aromatic nitrogens is 3. The van der Waals surface area contributed by atoms with Crippen LogP contribution in [0, 0.1) is 6.92 Å². The summed E-state index contributed by atoms with van der Waals surface area (Å²) in [4.78, 5) is 23.7. The lowest BCUT2D eigenvalue weighted by molar-refractivity contribution is 0.112. The average Bonchev–Trinajstić information content (AvgIpc) is 2.63. The average molecular weight is 399 g/mol. The maximum Gasteiger partial charge on any atom is 0.228 e. The van der Waals surface area contributed by atoms with E-state index >= 15 is 0 Å². The molecule has 2 heterocycles. The van der Waals surface area contributed by atoms with Crippen LogP contribution in [0.4, 0.5) is 11.8 Å². The van der Waals surface area contributed by atoms with Crippen molar-refractivity contribution in [2.24, 2.45) is 0 Å². The van der Waals surface area contributed by atoms with Crippen molar-refractivity contribution in [1.29, 1.82) is 0 Å². The third-order valence-corrected chi connectivity index (χ3v) is 4.11. The van der Waals surface area contributed by atoms with Crippen molar-refractivity contribution in [2.75, 3.05) is 5.32 Å². The molecule has 2 aromatic heterocycles. The fourth-order valence-electron chi connectivity index (χ4n) is 2.12. The summed E-state index contributed by atoms with van der Waals surface area (Å²) >= 11 is 3.35. The number of ether oxygens (including phenoxy) is 1. The molecule has 0 aliphatic heterocycles. The second kappa shape index (κ2) is 7.85. The molecular weight excluding hydrogens is 384 g/mol. The van der Waals surface area contributed by atoms with E-state index in [4.69, 9.17) is 4.74 Å². The smallest absolute Gasteiger partial charge is 0.228 e. The van der Waals surface area contributed by atoms with Crippen LogP contribution in [-0.4, -0.2) is 21.2 Å². The van der Waals surface area contributed by atoms with Crippen LogP contribution in [0.3, 0.4) is 0 Å². The molecule has 0 radical (unpaired) electrons. The predicted molar refractivity (Wildman–Crippen MR) is 98.2 cm³/mol. The number of pyridine rings is 1. The van der Waals surface area contributed by atoms with E-state index in [1.54, 1.807) is 24.7 Å². The Morgan fingerprint density at radius 3 is 2.68 bits per heavy atom. The lowest BCUT2D eigenvalue weighted by Gasteiger charge is -2.11. The third-order valence-electron chi connectivity index (χ3n) is 3.43. The zero-order valence-electron chi connectivity index (χ0n) is 13.4. The lowest BCUT2D eigenvalue weighted by Crippen LogP contribution is -2.02. The van der Waals surface area contributed by atoms with Gasteiger partial charge in [-0.3, -0.25) is 4.79 Å². The Labute approximate surface area is 153 Å². The summed E-state index contributed by atoms with van der Waals surface area (Å²) in [7, 11) is 0. The molecule has 0 aliphatic carbocycles. The summed E-state index contributed by atoms with van der Waals surface area (Å²) in [5.74, 6) is 1.80. The summed E-state index contributed by atoms with van der Waals surface area (Å²) in [6, 6.07) is 9.12. The van der Waals surface area contributed by atoms with Crippen LogP contribution in [0.5, 0.6) is 5.75 Å². The zero-order chi connectivity index (χ0) is 17.6. The molecule has 3 rings (SSSR count). The van der Waals surface area contributed by atoms with Gasteiger partial charge in [-0.1, -0.05) is 22.0 Å². The van der Waals surface area contributed by atoms with Crippen LogP contribution >= 0.6 is 15.9 Å². The lowest BCUT2D eigenvalue weighted by atomic mass is 10.1. The molecule has 7 heteroatoms. The van der Waals surface area contributed by atoms with Gasteiger partial charge in [0.25, 0.3) is 0 Å². The van der Waals surface area contributed by atoms with E-state index in [1.165, 1.54) is 0 Å². The van der Waals surface area contributed by atoms with Crippen LogP contribution in [0.2, 0.25) is 0 Å². The minimum atomic E-state index is 0.310. The number of anilines is 2. The highest BCUT2D eigenvalue weighted by atomic mass is 79.9. The number of halogens is 1. The Morgan fingerprint density at radius 1 is 1.20 bits per heavy atom. The SMILES string of the molecule is Cc1cc(Br)c(C=O)cc1OCc1cnc(Nc2ccccn2)nc1. The first-order chi connectivity index (χ1) is 12.2. The van der Waals surface area contributed by atoms with Gasteiger partial charge in [0.2, 0.25) is 5.95 Å². The highest BCUT2D eigenvalue weighted by Crippen LogP contribution is 2.26. The van der Waals surface area contributed by atoms with Crippen LogP contribution < -0.4 is 10.1 Å². The maximum atomic E-state index is 11.0. The van der Waals surface area contributed by atoms with Crippen molar-refractivity contribution in [2.45, 2.75) is 13.5 Å². The van der Waals surface area contributed by atoms with E-state index in [2.05, 4.69) is 36.2 Å². The minimum absolute atomic E-state index is 0.310. The number of carbonyl (C=O) groups is 1. The molecular formula is C18H15BrN4O2. The molecule has 3 aromatic rings. The van der Waals surface area contributed by atoms with Crippen molar-refractivity contribution >= 4 is 34.0 Å². The number of rotatable bonds is 6. The second-order valence-corrected chi connectivity index (χ2v) is 6.15. The Bertz CT molecular complexity index is 870. The first kappa shape index (κ1) is 17.0. The van der Waals surface area contributed by atoms with E-state index in [0.29, 0.717) is 29.7 Å². The first-order valence-electron chi connectivity index (χ1n) is 7.53.